The van der Waals surface area contributed by atoms with Crippen LogP contribution in [-0.2, 0) is 0 Å². The zero-order valence-electron chi connectivity index (χ0n) is 9.38. The van der Waals surface area contributed by atoms with Gasteiger partial charge in [-0.15, -0.1) is 11.3 Å². The molecule has 0 atom stereocenters. The molecule has 0 spiro atoms. The standard InChI is InChI=1S/C13H10BrFOS/c1-7-3-4-9(11(15)5-7)12(16)13-10(14)6-8(2)17-13/h3-6H,1-2H3. The van der Waals surface area contributed by atoms with Crippen molar-refractivity contribution < 1.29 is 9.18 Å². The molecule has 0 amide bonds. The van der Waals surface area contributed by atoms with Crippen molar-refractivity contribution in [1.82, 2.24) is 0 Å². The maximum Gasteiger partial charge on any atom is 0.207 e. The predicted octanol–water partition coefficient (Wildman–Crippen LogP) is 4.50. The monoisotopic (exact) mass is 312 g/mol. The van der Waals surface area contributed by atoms with Gasteiger partial charge in [0.1, 0.15) is 5.82 Å². The first kappa shape index (κ1) is 12.5. The van der Waals surface area contributed by atoms with Crippen LogP contribution in [0.1, 0.15) is 25.7 Å². The molecule has 0 fully saturated rings. The number of thiophene rings is 1. The van der Waals surface area contributed by atoms with Crippen LogP contribution < -0.4 is 0 Å². The van der Waals surface area contributed by atoms with Crippen LogP contribution in [0.5, 0.6) is 0 Å². The van der Waals surface area contributed by atoms with Crippen molar-refractivity contribution in [2.45, 2.75) is 13.8 Å². The third kappa shape index (κ3) is 2.48. The number of ketones is 1. The average molecular weight is 313 g/mol. The lowest BCUT2D eigenvalue weighted by atomic mass is 10.1. The van der Waals surface area contributed by atoms with Crippen molar-refractivity contribution in [2.75, 3.05) is 0 Å². The van der Waals surface area contributed by atoms with Gasteiger partial charge in [0.15, 0.2) is 0 Å². The molecular formula is C13H10BrFOS. The average Bonchev–Trinajstić information content (AvgIpc) is 2.57. The number of carbonyl (C=O) groups is 1. The Hall–Kier alpha value is -1.000. The molecule has 2 aromatic rings. The molecule has 1 aromatic heterocycles. The number of benzene rings is 1. The van der Waals surface area contributed by atoms with E-state index < -0.39 is 5.82 Å². The quantitative estimate of drug-likeness (QED) is 0.746. The molecule has 0 aliphatic carbocycles. The molecular weight excluding hydrogens is 303 g/mol. The maximum atomic E-state index is 13.7. The van der Waals surface area contributed by atoms with Crippen molar-refractivity contribution in [3.63, 3.8) is 0 Å². The lowest BCUT2D eigenvalue weighted by Crippen LogP contribution is -2.03. The van der Waals surface area contributed by atoms with Crippen molar-refractivity contribution in [3.05, 3.63) is 55.4 Å². The van der Waals surface area contributed by atoms with Crippen LogP contribution in [0, 0.1) is 19.7 Å². The number of carbonyl (C=O) groups excluding carboxylic acids is 1. The molecule has 0 bridgehead atoms. The highest BCUT2D eigenvalue weighted by atomic mass is 79.9. The third-order valence-corrected chi connectivity index (χ3v) is 4.32. The molecule has 2 rings (SSSR count). The fraction of sp³-hybridized carbons (Fsp3) is 0.154. The SMILES string of the molecule is Cc1ccc(C(=O)c2sc(C)cc2Br)c(F)c1. The van der Waals surface area contributed by atoms with Gasteiger partial charge in [0.05, 0.1) is 10.4 Å². The summed E-state index contributed by atoms with van der Waals surface area (Å²) in [5, 5.41) is 0. The van der Waals surface area contributed by atoms with Crippen LogP contribution in [0.15, 0.2) is 28.7 Å². The molecule has 0 saturated carbocycles. The van der Waals surface area contributed by atoms with Gasteiger partial charge in [0.25, 0.3) is 0 Å². The minimum atomic E-state index is -0.465. The van der Waals surface area contributed by atoms with Gasteiger partial charge in [0, 0.05) is 9.35 Å². The molecule has 88 valence electrons. The minimum Gasteiger partial charge on any atom is -0.288 e. The van der Waals surface area contributed by atoms with Gasteiger partial charge in [-0.1, -0.05) is 6.07 Å². The highest BCUT2D eigenvalue weighted by Crippen LogP contribution is 2.29. The van der Waals surface area contributed by atoms with Crippen LogP contribution in [0.25, 0.3) is 0 Å². The smallest absolute Gasteiger partial charge is 0.207 e. The van der Waals surface area contributed by atoms with Crippen LogP contribution in [-0.4, -0.2) is 5.78 Å². The molecule has 0 saturated heterocycles. The second-order valence-electron chi connectivity index (χ2n) is 3.85. The van der Waals surface area contributed by atoms with Crippen molar-refractivity contribution >= 4 is 33.0 Å². The number of rotatable bonds is 2. The van der Waals surface area contributed by atoms with E-state index in [0.29, 0.717) is 4.88 Å². The molecule has 0 aliphatic heterocycles. The highest BCUT2D eigenvalue weighted by molar-refractivity contribution is 9.10. The fourth-order valence-electron chi connectivity index (χ4n) is 1.56. The second-order valence-corrected chi connectivity index (χ2v) is 5.96. The molecule has 1 aromatic carbocycles. The summed E-state index contributed by atoms with van der Waals surface area (Å²) in [4.78, 5) is 13.7. The fourth-order valence-corrected chi connectivity index (χ4v) is 3.34. The largest absolute Gasteiger partial charge is 0.288 e. The summed E-state index contributed by atoms with van der Waals surface area (Å²) < 4.78 is 14.4. The molecule has 0 N–H and O–H groups in total. The summed E-state index contributed by atoms with van der Waals surface area (Å²) >= 11 is 4.69. The Balaban J connectivity index is 2.47. The molecule has 0 aliphatic rings. The Labute approximate surface area is 111 Å². The zero-order chi connectivity index (χ0) is 12.6. The van der Waals surface area contributed by atoms with Gasteiger partial charge >= 0.3 is 0 Å². The van der Waals surface area contributed by atoms with Gasteiger partial charge in [-0.3, -0.25) is 4.79 Å². The molecule has 4 heteroatoms. The Morgan fingerprint density at radius 1 is 1.29 bits per heavy atom. The van der Waals surface area contributed by atoms with E-state index in [0.717, 1.165) is 14.9 Å². The number of halogens is 2. The van der Waals surface area contributed by atoms with Gasteiger partial charge in [-0.25, -0.2) is 4.39 Å². The van der Waals surface area contributed by atoms with E-state index in [1.165, 1.54) is 23.5 Å². The Morgan fingerprint density at radius 2 is 2.00 bits per heavy atom. The number of aryl methyl sites for hydroxylation is 2. The van der Waals surface area contributed by atoms with E-state index in [2.05, 4.69) is 15.9 Å². The minimum absolute atomic E-state index is 0.123. The van der Waals surface area contributed by atoms with E-state index >= 15 is 0 Å². The van der Waals surface area contributed by atoms with Crippen molar-refractivity contribution in [3.8, 4) is 0 Å². The summed E-state index contributed by atoms with van der Waals surface area (Å²) in [6.07, 6.45) is 0. The summed E-state index contributed by atoms with van der Waals surface area (Å²) in [7, 11) is 0. The Bertz CT molecular complexity index is 589. The molecule has 1 heterocycles. The normalized spacial score (nSPS) is 10.6. The summed E-state index contributed by atoms with van der Waals surface area (Å²) in [5.74, 6) is -0.736. The van der Waals surface area contributed by atoms with E-state index in [1.54, 1.807) is 13.0 Å². The molecule has 0 radical (unpaired) electrons. The second kappa shape index (κ2) is 4.70. The first-order valence-electron chi connectivity index (χ1n) is 5.06. The van der Waals surface area contributed by atoms with Crippen molar-refractivity contribution in [1.29, 1.82) is 0 Å². The number of hydrogen-bond acceptors (Lipinski definition) is 2. The Morgan fingerprint density at radius 3 is 2.53 bits per heavy atom. The summed E-state index contributed by atoms with van der Waals surface area (Å²) in [6.45, 7) is 3.71. The van der Waals surface area contributed by atoms with E-state index in [4.69, 9.17) is 0 Å². The van der Waals surface area contributed by atoms with Crippen molar-refractivity contribution in [2.24, 2.45) is 0 Å². The van der Waals surface area contributed by atoms with Crippen LogP contribution in [0.3, 0.4) is 0 Å². The van der Waals surface area contributed by atoms with Gasteiger partial charge in [-0.2, -0.15) is 0 Å². The zero-order valence-corrected chi connectivity index (χ0v) is 11.8. The lowest BCUT2D eigenvalue weighted by molar-refractivity contribution is 0.103. The summed E-state index contributed by atoms with van der Waals surface area (Å²) in [5.41, 5.74) is 0.929. The number of hydrogen-bond donors (Lipinski definition) is 0. The first-order valence-corrected chi connectivity index (χ1v) is 6.67. The van der Waals surface area contributed by atoms with Crippen LogP contribution in [0.2, 0.25) is 0 Å². The van der Waals surface area contributed by atoms with E-state index in [9.17, 15) is 9.18 Å². The third-order valence-electron chi connectivity index (χ3n) is 2.39. The van der Waals surface area contributed by atoms with Gasteiger partial charge in [-0.05, 0) is 53.5 Å². The molecule has 1 nitrogen and oxygen atoms in total. The molecule has 0 unspecified atom stereocenters. The maximum absolute atomic E-state index is 13.7. The highest BCUT2D eigenvalue weighted by Gasteiger charge is 2.18. The van der Waals surface area contributed by atoms with E-state index in [1.807, 2.05) is 13.0 Å². The predicted molar refractivity (Wildman–Crippen MR) is 71.3 cm³/mol. The lowest BCUT2D eigenvalue weighted by Gasteiger charge is -2.02. The van der Waals surface area contributed by atoms with Gasteiger partial charge < -0.3 is 0 Å². The Kier molecular flexibility index (Phi) is 3.45. The summed E-state index contributed by atoms with van der Waals surface area (Å²) in [6, 6.07) is 6.52. The van der Waals surface area contributed by atoms with Crippen LogP contribution in [0.4, 0.5) is 4.39 Å². The topological polar surface area (TPSA) is 17.1 Å². The van der Waals surface area contributed by atoms with Gasteiger partial charge in [0.2, 0.25) is 5.78 Å². The molecule has 17 heavy (non-hydrogen) atoms. The first-order chi connectivity index (χ1) is 7.99. The van der Waals surface area contributed by atoms with E-state index in [-0.39, 0.29) is 11.3 Å². The van der Waals surface area contributed by atoms with Crippen LogP contribution >= 0.6 is 27.3 Å².